The van der Waals surface area contributed by atoms with Crippen molar-refractivity contribution >= 4 is 22.6 Å². The molecular formula is C19H16F3NO4. The number of benzene rings is 2. The smallest absolute Gasteiger partial charge is 0.422 e. The molecule has 0 radical (unpaired) electrons. The number of anilines is 1. The minimum absolute atomic E-state index is 0.0312. The van der Waals surface area contributed by atoms with Gasteiger partial charge in [-0.15, -0.1) is 0 Å². The highest BCUT2D eigenvalue weighted by molar-refractivity contribution is 6.07. The first-order valence-corrected chi connectivity index (χ1v) is 7.98. The molecule has 0 unspecified atom stereocenters. The summed E-state index contributed by atoms with van der Waals surface area (Å²) in [5.41, 5.74) is 1.17. The summed E-state index contributed by atoms with van der Waals surface area (Å²) in [6, 6.07) is 13.0. The monoisotopic (exact) mass is 379 g/mol. The van der Waals surface area contributed by atoms with Gasteiger partial charge < -0.3 is 19.2 Å². The fraction of sp³-hybridized carbons (Fsp3) is 0.211. The summed E-state index contributed by atoms with van der Waals surface area (Å²) in [5, 5.41) is 3.27. The van der Waals surface area contributed by atoms with Crippen LogP contribution in [0.4, 0.5) is 18.9 Å². The third-order valence-electron chi connectivity index (χ3n) is 3.72. The van der Waals surface area contributed by atoms with Crippen LogP contribution in [0.25, 0.3) is 11.0 Å². The van der Waals surface area contributed by atoms with E-state index in [0.717, 1.165) is 5.39 Å². The number of nitrogens with one attached hydrogen (secondary N) is 1. The number of para-hydroxylation sites is 3. The zero-order chi connectivity index (χ0) is 19.4. The number of ether oxygens (including phenoxy) is 2. The summed E-state index contributed by atoms with van der Waals surface area (Å²) in [7, 11) is 1.49. The fourth-order valence-electron chi connectivity index (χ4n) is 2.60. The van der Waals surface area contributed by atoms with Gasteiger partial charge >= 0.3 is 6.18 Å². The van der Waals surface area contributed by atoms with Crippen molar-refractivity contribution < 1.29 is 31.9 Å². The van der Waals surface area contributed by atoms with E-state index >= 15 is 0 Å². The minimum Gasteiger partial charge on any atom is -0.482 e. The van der Waals surface area contributed by atoms with E-state index < -0.39 is 18.7 Å². The highest BCUT2D eigenvalue weighted by atomic mass is 19.4. The van der Waals surface area contributed by atoms with Crippen LogP contribution < -0.4 is 10.1 Å². The molecule has 1 N–H and O–H groups in total. The van der Waals surface area contributed by atoms with Crippen molar-refractivity contribution in [1.29, 1.82) is 0 Å². The van der Waals surface area contributed by atoms with Gasteiger partial charge in [-0.05, 0) is 18.2 Å². The van der Waals surface area contributed by atoms with E-state index in [1.54, 1.807) is 30.3 Å². The molecule has 142 valence electrons. The molecule has 3 aromatic rings. The Morgan fingerprint density at radius 1 is 1.11 bits per heavy atom. The van der Waals surface area contributed by atoms with E-state index in [4.69, 9.17) is 13.9 Å². The lowest BCUT2D eigenvalue weighted by Gasteiger charge is -2.13. The van der Waals surface area contributed by atoms with Crippen molar-refractivity contribution in [2.24, 2.45) is 0 Å². The molecule has 0 aliphatic heterocycles. The molecule has 0 aliphatic rings. The van der Waals surface area contributed by atoms with E-state index in [2.05, 4.69) is 5.32 Å². The fourth-order valence-corrected chi connectivity index (χ4v) is 2.60. The van der Waals surface area contributed by atoms with Gasteiger partial charge in [-0.3, -0.25) is 4.79 Å². The van der Waals surface area contributed by atoms with Crippen molar-refractivity contribution in [3.05, 3.63) is 59.9 Å². The van der Waals surface area contributed by atoms with Gasteiger partial charge in [-0.1, -0.05) is 30.3 Å². The normalized spacial score (nSPS) is 11.6. The Morgan fingerprint density at radius 2 is 1.81 bits per heavy atom. The molecule has 1 heterocycles. The third kappa shape index (κ3) is 4.40. The number of hydrogen-bond acceptors (Lipinski definition) is 4. The summed E-state index contributed by atoms with van der Waals surface area (Å²) >= 11 is 0. The molecule has 0 saturated carbocycles. The number of hydrogen-bond donors (Lipinski definition) is 1. The predicted molar refractivity (Wildman–Crippen MR) is 92.9 cm³/mol. The summed E-state index contributed by atoms with van der Waals surface area (Å²) in [4.78, 5) is 12.7. The lowest BCUT2D eigenvalue weighted by Crippen LogP contribution is -2.20. The first-order valence-electron chi connectivity index (χ1n) is 7.98. The Kier molecular flexibility index (Phi) is 5.36. The number of fused-ring (bicyclic) bond motifs is 1. The molecule has 1 amide bonds. The lowest BCUT2D eigenvalue weighted by molar-refractivity contribution is -0.153. The largest absolute Gasteiger partial charge is 0.482 e. The van der Waals surface area contributed by atoms with E-state index in [9.17, 15) is 18.0 Å². The Morgan fingerprint density at radius 3 is 2.56 bits per heavy atom. The second-order valence-electron chi connectivity index (χ2n) is 5.69. The molecule has 5 nitrogen and oxygen atoms in total. The second kappa shape index (κ2) is 7.71. The molecule has 27 heavy (non-hydrogen) atoms. The number of carbonyl (C=O) groups excluding carboxylic acids is 1. The van der Waals surface area contributed by atoms with Gasteiger partial charge in [0.05, 0.1) is 12.3 Å². The maximum atomic E-state index is 12.7. The van der Waals surface area contributed by atoms with Gasteiger partial charge in [0, 0.05) is 18.1 Å². The molecule has 0 aliphatic carbocycles. The number of methoxy groups -OCH3 is 1. The zero-order valence-electron chi connectivity index (χ0n) is 14.3. The van der Waals surface area contributed by atoms with Crippen LogP contribution in [0.3, 0.4) is 0 Å². The number of rotatable bonds is 6. The van der Waals surface area contributed by atoms with E-state index in [0.29, 0.717) is 11.1 Å². The summed E-state index contributed by atoms with van der Waals surface area (Å²) in [6.07, 6.45) is -4.48. The molecule has 0 atom stereocenters. The molecule has 0 bridgehead atoms. The average molecular weight is 379 g/mol. The van der Waals surface area contributed by atoms with E-state index in [1.807, 2.05) is 0 Å². The Balaban J connectivity index is 1.88. The van der Waals surface area contributed by atoms with E-state index in [1.165, 1.54) is 25.3 Å². The second-order valence-corrected chi connectivity index (χ2v) is 5.69. The third-order valence-corrected chi connectivity index (χ3v) is 3.72. The molecule has 2 aromatic carbocycles. The summed E-state index contributed by atoms with van der Waals surface area (Å²) in [5.74, 6) is -0.669. The Labute approximate surface area is 152 Å². The van der Waals surface area contributed by atoms with Crippen molar-refractivity contribution in [2.45, 2.75) is 12.8 Å². The van der Waals surface area contributed by atoms with Crippen LogP contribution in [0, 0.1) is 0 Å². The van der Waals surface area contributed by atoms with Gasteiger partial charge in [0.15, 0.2) is 12.4 Å². The van der Waals surface area contributed by atoms with Crippen LogP contribution in [-0.2, 0) is 11.3 Å². The van der Waals surface area contributed by atoms with E-state index in [-0.39, 0.29) is 23.8 Å². The zero-order valence-corrected chi connectivity index (χ0v) is 14.3. The lowest BCUT2D eigenvalue weighted by atomic mass is 10.1. The van der Waals surface area contributed by atoms with Gasteiger partial charge in [0.1, 0.15) is 11.3 Å². The summed E-state index contributed by atoms with van der Waals surface area (Å²) < 4.78 is 52.8. The number of furan rings is 1. The van der Waals surface area contributed by atoms with Gasteiger partial charge in [-0.2, -0.15) is 13.2 Å². The van der Waals surface area contributed by atoms with Crippen molar-refractivity contribution in [3.63, 3.8) is 0 Å². The average Bonchev–Trinajstić information content (AvgIpc) is 3.00. The van der Waals surface area contributed by atoms with Crippen LogP contribution >= 0.6 is 0 Å². The first kappa shape index (κ1) is 18.8. The Bertz CT molecular complexity index is 950. The molecule has 0 spiro atoms. The van der Waals surface area contributed by atoms with Crippen LogP contribution in [0.2, 0.25) is 0 Å². The van der Waals surface area contributed by atoms with Crippen LogP contribution in [0.5, 0.6) is 5.75 Å². The highest BCUT2D eigenvalue weighted by Gasteiger charge is 2.29. The molecule has 3 rings (SSSR count). The number of alkyl halides is 3. The highest BCUT2D eigenvalue weighted by Crippen LogP contribution is 2.30. The molecule has 1 aromatic heterocycles. The van der Waals surface area contributed by atoms with Crippen LogP contribution in [0.15, 0.2) is 52.9 Å². The van der Waals surface area contributed by atoms with Crippen molar-refractivity contribution in [1.82, 2.24) is 0 Å². The topological polar surface area (TPSA) is 60.7 Å². The standard InChI is InChI=1S/C19H16F3NO4/c1-25-10-13-12-6-2-4-8-15(12)27-17(13)18(24)23-14-7-3-5-9-16(14)26-11-19(20,21)22/h2-9H,10-11H2,1H3,(H,23,24). The number of amides is 1. The van der Waals surface area contributed by atoms with Crippen molar-refractivity contribution in [3.8, 4) is 5.75 Å². The molecule has 8 heteroatoms. The predicted octanol–water partition coefficient (Wildman–Crippen LogP) is 4.77. The molecule has 0 fully saturated rings. The van der Waals surface area contributed by atoms with Gasteiger partial charge in [0.25, 0.3) is 5.91 Å². The summed E-state index contributed by atoms with van der Waals surface area (Å²) in [6.45, 7) is -1.31. The Hall–Kier alpha value is -3.00. The van der Waals surface area contributed by atoms with Crippen LogP contribution in [0.1, 0.15) is 16.1 Å². The van der Waals surface area contributed by atoms with Crippen molar-refractivity contribution in [2.75, 3.05) is 19.0 Å². The molecular weight excluding hydrogens is 363 g/mol. The first-order chi connectivity index (χ1) is 12.9. The molecule has 0 saturated heterocycles. The minimum atomic E-state index is -4.48. The number of halogens is 3. The van der Waals surface area contributed by atoms with Crippen LogP contribution in [-0.4, -0.2) is 25.8 Å². The SMILES string of the molecule is COCc1c(C(=O)Nc2ccccc2OCC(F)(F)F)oc2ccccc12. The maximum Gasteiger partial charge on any atom is 0.422 e. The maximum absolute atomic E-state index is 12.7. The van der Waals surface area contributed by atoms with Gasteiger partial charge in [0.2, 0.25) is 0 Å². The quantitative estimate of drug-likeness (QED) is 0.670. The van der Waals surface area contributed by atoms with Gasteiger partial charge in [-0.25, -0.2) is 0 Å². The number of carbonyl (C=O) groups is 1.